The quantitative estimate of drug-likeness (QED) is 0.795. The summed E-state index contributed by atoms with van der Waals surface area (Å²) in [6.45, 7) is -0.122. The van der Waals surface area contributed by atoms with Crippen molar-refractivity contribution in [2.24, 2.45) is 0 Å². The fourth-order valence-electron chi connectivity index (χ4n) is 1.95. The van der Waals surface area contributed by atoms with Gasteiger partial charge in [0.25, 0.3) is 0 Å². The Labute approximate surface area is 128 Å². The molecule has 0 aromatic heterocycles. The third-order valence-corrected chi connectivity index (χ3v) is 3.23. The summed E-state index contributed by atoms with van der Waals surface area (Å²) in [6.07, 6.45) is 0.575. The Hall–Kier alpha value is -2.04. The SMILES string of the molecule is O=C(Nc1ccc(Cl)cc1)NC(CO)Cc1ccccc1. The van der Waals surface area contributed by atoms with Crippen LogP contribution >= 0.6 is 11.6 Å². The summed E-state index contributed by atoms with van der Waals surface area (Å²) in [6, 6.07) is 15.8. The molecule has 0 radical (unpaired) electrons. The van der Waals surface area contributed by atoms with Crippen LogP contribution in [0, 0.1) is 0 Å². The number of carbonyl (C=O) groups excluding carboxylic acids is 1. The topological polar surface area (TPSA) is 61.4 Å². The van der Waals surface area contributed by atoms with Gasteiger partial charge in [0.05, 0.1) is 12.6 Å². The van der Waals surface area contributed by atoms with Gasteiger partial charge in [-0.3, -0.25) is 0 Å². The van der Waals surface area contributed by atoms with Crippen LogP contribution in [-0.4, -0.2) is 23.8 Å². The average molecular weight is 305 g/mol. The second kappa shape index (κ2) is 7.67. The van der Waals surface area contributed by atoms with Crippen molar-refractivity contribution in [1.82, 2.24) is 5.32 Å². The van der Waals surface area contributed by atoms with Gasteiger partial charge in [0.1, 0.15) is 0 Å². The molecule has 1 unspecified atom stereocenters. The zero-order valence-electron chi connectivity index (χ0n) is 11.4. The first-order valence-corrected chi connectivity index (χ1v) is 7.03. The maximum absolute atomic E-state index is 11.9. The molecule has 2 amide bonds. The highest BCUT2D eigenvalue weighted by atomic mass is 35.5. The molecule has 4 nitrogen and oxygen atoms in total. The van der Waals surface area contributed by atoms with Gasteiger partial charge in [-0.25, -0.2) is 4.79 Å². The summed E-state index contributed by atoms with van der Waals surface area (Å²) in [5.74, 6) is 0. The number of aliphatic hydroxyl groups excluding tert-OH is 1. The number of urea groups is 1. The molecule has 110 valence electrons. The predicted molar refractivity (Wildman–Crippen MR) is 84.6 cm³/mol. The fourth-order valence-corrected chi connectivity index (χ4v) is 2.07. The van der Waals surface area contributed by atoms with Crippen molar-refractivity contribution in [3.63, 3.8) is 0 Å². The van der Waals surface area contributed by atoms with Crippen LogP contribution in [-0.2, 0) is 6.42 Å². The van der Waals surface area contributed by atoms with E-state index in [1.807, 2.05) is 30.3 Å². The fraction of sp³-hybridized carbons (Fsp3) is 0.188. The zero-order valence-corrected chi connectivity index (χ0v) is 12.2. The van der Waals surface area contributed by atoms with E-state index in [4.69, 9.17) is 11.6 Å². The molecule has 5 heteroatoms. The van der Waals surface area contributed by atoms with Gasteiger partial charge in [-0.15, -0.1) is 0 Å². The molecule has 3 N–H and O–H groups in total. The van der Waals surface area contributed by atoms with Gasteiger partial charge in [-0.05, 0) is 36.2 Å². The van der Waals surface area contributed by atoms with Crippen molar-refractivity contribution in [3.8, 4) is 0 Å². The standard InChI is InChI=1S/C16H17ClN2O2/c17-13-6-8-14(9-7-13)18-16(21)19-15(11-20)10-12-4-2-1-3-5-12/h1-9,15,20H,10-11H2,(H2,18,19,21). The van der Waals surface area contributed by atoms with Gasteiger partial charge >= 0.3 is 6.03 Å². The highest BCUT2D eigenvalue weighted by Crippen LogP contribution is 2.13. The minimum absolute atomic E-state index is 0.122. The number of benzene rings is 2. The molecular formula is C16H17ClN2O2. The Morgan fingerprint density at radius 1 is 1.10 bits per heavy atom. The normalized spacial score (nSPS) is 11.7. The molecule has 0 spiro atoms. The van der Waals surface area contributed by atoms with E-state index in [2.05, 4.69) is 10.6 Å². The third-order valence-electron chi connectivity index (χ3n) is 2.98. The molecule has 0 aliphatic heterocycles. The number of aliphatic hydroxyl groups is 1. The number of halogens is 1. The Kier molecular flexibility index (Phi) is 5.60. The smallest absolute Gasteiger partial charge is 0.319 e. The average Bonchev–Trinajstić information content (AvgIpc) is 2.50. The minimum Gasteiger partial charge on any atom is -0.394 e. The number of nitrogens with one attached hydrogen (secondary N) is 2. The molecule has 0 bridgehead atoms. The molecule has 0 saturated heterocycles. The number of carbonyl (C=O) groups is 1. The van der Waals surface area contributed by atoms with Crippen molar-refractivity contribution in [3.05, 3.63) is 65.2 Å². The number of amides is 2. The molecule has 0 saturated carbocycles. The lowest BCUT2D eigenvalue weighted by molar-refractivity contribution is 0.224. The lowest BCUT2D eigenvalue weighted by Gasteiger charge is -2.17. The van der Waals surface area contributed by atoms with Crippen molar-refractivity contribution >= 4 is 23.3 Å². The summed E-state index contributed by atoms with van der Waals surface area (Å²) >= 11 is 5.78. The Morgan fingerprint density at radius 2 is 1.76 bits per heavy atom. The second-order valence-electron chi connectivity index (χ2n) is 4.67. The van der Waals surface area contributed by atoms with Gasteiger partial charge in [-0.2, -0.15) is 0 Å². The number of anilines is 1. The summed E-state index contributed by atoms with van der Waals surface area (Å²) in [7, 11) is 0. The summed E-state index contributed by atoms with van der Waals surface area (Å²) < 4.78 is 0. The maximum Gasteiger partial charge on any atom is 0.319 e. The molecule has 0 aliphatic carbocycles. The first kappa shape index (κ1) is 15.4. The Morgan fingerprint density at radius 3 is 2.38 bits per heavy atom. The number of hydrogen-bond acceptors (Lipinski definition) is 2. The van der Waals surface area contributed by atoms with E-state index in [0.29, 0.717) is 17.1 Å². The van der Waals surface area contributed by atoms with E-state index < -0.39 is 0 Å². The Balaban J connectivity index is 1.89. The predicted octanol–water partition coefficient (Wildman–Crippen LogP) is 3.07. The summed E-state index contributed by atoms with van der Waals surface area (Å²) in [4.78, 5) is 11.9. The summed E-state index contributed by atoms with van der Waals surface area (Å²) in [5, 5.41) is 15.4. The van der Waals surface area contributed by atoms with Crippen molar-refractivity contribution < 1.29 is 9.90 Å². The zero-order chi connectivity index (χ0) is 15.1. The molecule has 21 heavy (non-hydrogen) atoms. The van der Waals surface area contributed by atoms with Gasteiger partial charge in [-0.1, -0.05) is 41.9 Å². The second-order valence-corrected chi connectivity index (χ2v) is 5.11. The van der Waals surface area contributed by atoms with Crippen LogP contribution in [0.15, 0.2) is 54.6 Å². The van der Waals surface area contributed by atoms with Crippen LogP contribution < -0.4 is 10.6 Å². The molecular weight excluding hydrogens is 288 g/mol. The van der Waals surface area contributed by atoms with E-state index in [1.54, 1.807) is 24.3 Å². The molecule has 0 heterocycles. The summed E-state index contributed by atoms with van der Waals surface area (Å²) in [5.41, 5.74) is 1.71. The van der Waals surface area contributed by atoms with Gasteiger partial charge in [0, 0.05) is 10.7 Å². The van der Waals surface area contributed by atoms with Gasteiger partial charge in [0.15, 0.2) is 0 Å². The van der Waals surface area contributed by atoms with Crippen LogP contribution in [0.5, 0.6) is 0 Å². The lowest BCUT2D eigenvalue weighted by Crippen LogP contribution is -2.41. The molecule has 2 aromatic rings. The molecule has 2 rings (SSSR count). The van der Waals surface area contributed by atoms with Crippen LogP contribution in [0.25, 0.3) is 0 Å². The number of rotatable bonds is 5. The maximum atomic E-state index is 11.9. The van der Waals surface area contributed by atoms with E-state index in [0.717, 1.165) is 5.56 Å². The van der Waals surface area contributed by atoms with E-state index in [1.165, 1.54) is 0 Å². The van der Waals surface area contributed by atoms with Gasteiger partial charge < -0.3 is 15.7 Å². The van der Waals surface area contributed by atoms with Crippen LogP contribution in [0.2, 0.25) is 5.02 Å². The minimum atomic E-state index is -0.354. The highest BCUT2D eigenvalue weighted by molar-refractivity contribution is 6.30. The molecule has 0 aliphatic rings. The number of hydrogen-bond donors (Lipinski definition) is 3. The first-order chi connectivity index (χ1) is 10.2. The monoisotopic (exact) mass is 304 g/mol. The first-order valence-electron chi connectivity index (χ1n) is 6.65. The van der Waals surface area contributed by atoms with Crippen molar-refractivity contribution in [1.29, 1.82) is 0 Å². The van der Waals surface area contributed by atoms with E-state index >= 15 is 0 Å². The largest absolute Gasteiger partial charge is 0.394 e. The van der Waals surface area contributed by atoms with Crippen LogP contribution in [0.4, 0.5) is 10.5 Å². The molecule has 2 aromatic carbocycles. The highest BCUT2D eigenvalue weighted by Gasteiger charge is 2.12. The van der Waals surface area contributed by atoms with Crippen molar-refractivity contribution in [2.75, 3.05) is 11.9 Å². The van der Waals surface area contributed by atoms with Crippen LogP contribution in [0.1, 0.15) is 5.56 Å². The Bertz CT molecular complexity index is 573. The third kappa shape index (κ3) is 5.10. The lowest BCUT2D eigenvalue weighted by atomic mass is 10.1. The van der Waals surface area contributed by atoms with E-state index in [9.17, 15) is 9.90 Å². The van der Waals surface area contributed by atoms with Crippen molar-refractivity contribution in [2.45, 2.75) is 12.5 Å². The van der Waals surface area contributed by atoms with E-state index in [-0.39, 0.29) is 18.7 Å². The molecule has 1 atom stereocenters. The van der Waals surface area contributed by atoms with Crippen LogP contribution in [0.3, 0.4) is 0 Å². The van der Waals surface area contributed by atoms with Gasteiger partial charge in [0.2, 0.25) is 0 Å². The molecule has 0 fully saturated rings.